The van der Waals surface area contributed by atoms with Gasteiger partial charge in [0.25, 0.3) is 0 Å². The van der Waals surface area contributed by atoms with Gasteiger partial charge in [-0.05, 0) is 80.3 Å². The number of nitrogens with two attached hydrogens (primary N) is 1. The molecular weight excluding hydrogens is 622 g/mol. The monoisotopic (exact) mass is 667 g/mol. The summed E-state index contributed by atoms with van der Waals surface area (Å²) in [5, 5.41) is 11.7. The van der Waals surface area contributed by atoms with Gasteiger partial charge in [0.15, 0.2) is 0 Å². The number of alkyl carbamates (subject to hydrolysis) is 1. The van der Waals surface area contributed by atoms with Gasteiger partial charge in [-0.3, -0.25) is 14.4 Å². The Labute approximate surface area is 278 Å². The van der Waals surface area contributed by atoms with Crippen LogP contribution in [0.5, 0.6) is 0 Å². The number of hydrogen-bond acceptors (Lipinski definition) is 9. The molecule has 1 aromatic heterocycles. The molecule has 0 aliphatic carbocycles. The summed E-state index contributed by atoms with van der Waals surface area (Å²) in [5.74, 6) is -1.29. The quantitative estimate of drug-likeness (QED) is 0.106. The molecule has 0 radical (unpaired) electrons. The van der Waals surface area contributed by atoms with E-state index in [1.54, 1.807) is 39.0 Å². The Morgan fingerprint density at radius 2 is 1.60 bits per heavy atom. The van der Waals surface area contributed by atoms with E-state index in [2.05, 4.69) is 21.3 Å². The molecule has 254 valence electrons. The van der Waals surface area contributed by atoms with Crippen LogP contribution >= 0.6 is 11.8 Å². The number of carbonyl (C=O) groups excluding carboxylic acids is 4. The Morgan fingerprint density at radius 1 is 0.894 bits per heavy atom. The summed E-state index contributed by atoms with van der Waals surface area (Å²) in [6.45, 7) is 5.79. The predicted octanol–water partition coefficient (Wildman–Crippen LogP) is 3.84. The van der Waals surface area contributed by atoms with Gasteiger partial charge in [0.2, 0.25) is 17.7 Å². The molecule has 0 unspecified atom stereocenters. The lowest BCUT2D eigenvalue weighted by atomic mass is 10.0. The lowest BCUT2D eigenvalue weighted by molar-refractivity contribution is -0.132. The molecule has 0 saturated carbocycles. The lowest BCUT2D eigenvalue weighted by Crippen LogP contribution is -2.57. The second kappa shape index (κ2) is 18.7. The standard InChI is InChI=1S/C34H45N5O7S/c1-21(2)30(39-34(44)45-20-23-10-6-5-7-11-23)33(43)38-26(12-8-9-16-35)32(42)37-27(15-17-47-4)31(41)36-24-13-14-25-22(3)18-29(40)46-28(25)19-24/h5-7,10-11,13-14,18-19,21,26-27,30H,8-9,12,15-17,20,35H2,1-4H3,(H,36,41)(H,37,42)(H,38,43)(H,39,44)/t26-,27-,30+/m0/s1. The van der Waals surface area contributed by atoms with Gasteiger partial charge in [0.1, 0.15) is 30.3 Å². The molecule has 3 atom stereocenters. The number of aryl methyl sites for hydroxylation is 1. The van der Waals surface area contributed by atoms with Crippen molar-refractivity contribution in [1.29, 1.82) is 0 Å². The van der Waals surface area contributed by atoms with Gasteiger partial charge in [-0.1, -0.05) is 44.2 Å². The number of amides is 4. The van der Waals surface area contributed by atoms with E-state index in [1.807, 2.05) is 36.6 Å². The number of fused-ring (bicyclic) bond motifs is 1. The van der Waals surface area contributed by atoms with E-state index in [-0.39, 0.29) is 18.9 Å². The molecule has 0 saturated heterocycles. The van der Waals surface area contributed by atoms with E-state index in [1.165, 1.54) is 17.8 Å². The van der Waals surface area contributed by atoms with Crippen LogP contribution in [-0.2, 0) is 25.7 Å². The van der Waals surface area contributed by atoms with E-state index in [0.717, 1.165) is 16.5 Å². The number of nitrogens with one attached hydrogen (secondary N) is 4. The van der Waals surface area contributed by atoms with E-state index < -0.39 is 47.6 Å². The summed E-state index contributed by atoms with van der Waals surface area (Å²) >= 11 is 1.52. The highest BCUT2D eigenvalue weighted by Gasteiger charge is 2.31. The Kier molecular flexibility index (Phi) is 14.8. The Bertz CT molecular complexity index is 1560. The fourth-order valence-electron chi connectivity index (χ4n) is 4.86. The third kappa shape index (κ3) is 11.7. The van der Waals surface area contributed by atoms with E-state index in [4.69, 9.17) is 14.9 Å². The van der Waals surface area contributed by atoms with E-state index >= 15 is 0 Å². The van der Waals surface area contributed by atoms with Crippen molar-refractivity contribution in [2.24, 2.45) is 11.7 Å². The van der Waals surface area contributed by atoms with Crippen LogP contribution in [0.3, 0.4) is 0 Å². The Balaban J connectivity index is 1.71. The molecule has 1 heterocycles. The summed E-state index contributed by atoms with van der Waals surface area (Å²) in [5.41, 5.74) is 7.46. The van der Waals surface area contributed by atoms with Gasteiger partial charge in [0, 0.05) is 23.2 Å². The van der Waals surface area contributed by atoms with Gasteiger partial charge < -0.3 is 36.2 Å². The number of benzene rings is 2. The third-order valence-corrected chi connectivity index (χ3v) is 8.12. The lowest BCUT2D eigenvalue weighted by Gasteiger charge is -2.26. The van der Waals surface area contributed by atoms with Crippen LogP contribution in [0.1, 0.15) is 50.7 Å². The minimum Gasteiger partial charge on any atom is -0.445 e. The number of ether oxygens (including phenoxy) is 1. The number of hydrogen-bond donors (Lipinski definition) is 5. The maximum atomic E-state index is 13.6. The average Bonchev–Trinajstić information content (AvgIpc) is 3.04. The second-order valence-corrected chi connectivity index (χ2v) is 12.6. The van der Waals surface area contributed by atoms with Crippen molar-refractivity contribution >= 4 is 52.2 Å². The van der Waals surface area contributed by atoms with E-state index in [0.29, 0.717) is 42.8 Å². The van der Waals surface area contributed by atoms with Crippen LogP contribution in [0.4, 0.5) is 10.5 Å². The number of thioether (sulfide) groups is 1. The summed E-state index contributed by atoms with van der Waals surface area (Å²) in [6.07, 6.45) is 2.92. The molecule has 47 heavy (non-hydrogen) atoms. The first-order chi connectivity index (χ1) is 22.5. The first-order valence-corrected chi connectivity index (χ1v) is 17.0. The van der Waals surface area contributed by atoms with Crippen LogP contribution in [0.15, 0.2) is 63.8 Å². The largest absolute Gasteiger partial charge is 0.445 e. The van der Waals surface area contributed by atoms with Gasteiger partial charge >= 0.3 is 11.7 Å². The zero-order chi connectivity index (χ0) is 34.3. The van der Waals surface area contributed by atoms with Gasteiger partial charge in [-0.2, -0.15) is 11.8 Å². The van der Waals surface area contributed by atoms with Crippen LogP contribution in [-0.4, -0.2) is 60.5 Å². The maximum Gasteiger partial charge on any atom is 0.408 e. The van der Waals surface area contributed by atoms with Crippen molar-refractivity contribution in [2.45, 2.75) is 71.2 Å². The highest BCUT2D eigenvalue weighted by Crippen LogP contribution is 2.21. The van der Waals surface area contributed by atoms with Crippen molar-refractivity contribution in [2.75, 3.05) is 23.9 Å². The minimum absolute atomic E-state index is 0.0377. The molecule has 0 fully saturated rings. The maximum absolute atomic E-state index is 13.6. The zero-order valence-corrected chi connectivity index (χ0v) is 28.1. The normalized spacial score (nSPS) is 13.0. The Morgan fingerprint density at radius 3 is 2.28 bits per heavy atom. The highest BCUT2D eigenvalue weighted by atomic mass is 32.2. The summed E-state index contributed by atoms with van der Waals surface area (Å²) in [7, 11) is 0. The molecule has 12 nitrogen and oxygen atoms in total. The van der Waals surface area contributed by atoms with Crippen molar-refractivity contribution in [3.05, 3.63) is 76.1 Å². The summed E-state index contributed by atoms with van der Waals surface area (Å²) < 4.78 is 10.6. The van der Waals surface area contributed by atoms with Gasteiger partial charge in [0.05, 0.1) is 0 Å². The van der Waals surface area contributed by atoms with Crippen LogP contribution in [0, 0.1) is 12.8 Å². The smallest absolute Gasteiger partial charge is 0.408 e. The molecular formula is C34H45N5O7S. The zero-order valence-electron chi connectivity index (χ0n) is 27.3. The minimum atomic E-state index is -0.986. The number of rotatable bonds is 17. The van der Waals surface area contributed by atoms with Gasteiger partial charge in [-0.25, -0.2) is 9.59 Å². The van der Waals surface area contributed by atoms with Crippen molar-refractivity contribution in [3.8, 4) is 0 Å². The van der Waals surface area contributed by atoms with Crippen molar-refractivity contribution in [1.82, 2.24) is 16.0 Å². The molecule has 2 aromatic carbocycles. The molecule has 3 rings (SSSR count). The van der Waals surface area contributed by atoms with Crippen molar-refractivity contribution < 1.29 is 28.3 Å². The molecule has 6 N–H and O–H groups in total. The summed E-state index contributed by atoms with van der Waals surface area (Å²) in [4.78, 5) is 64.9. The van der Waals surface area contributed by atoms with Crippen LogP contribution < -0.4 is 32.6 Å². The molecule has 0 spiro atoms. The summed E-state index contributed by atoms with van der Waals surface area (Å²) in [6, 6.07) is 12.7. The first-order valence-electron chi connectivity index (χ1n) is 15.6. The molecule has 0 bridgehead atoms. The first kappa shape index (κ1) is 37.1. The molecule has 0 aliphatic rings. The van der Waals surface area contributed by atoms with Crippen molar-refractivity contribution in [3.63, 3.8) is 0 Å². The third-order valence-electron chi connectivity index (χ3n) is 7.48. The molecule has 4 amide bonds. The topological polar surface area (TPSA) is 182 Å². The fraction of sp³-hybridized carbons (Fsp3) is 0.441. The number of anilines is 1. The Hall–Kier alpha value is -4.36. The number of carbonyl (C=O) groups is 4. The predicted molar refractivity (Wildman–Crippen MR) is 184 cm³/mol. The van der Waals surface area contributed by atoms with E-state index in [9.17, 15) is 24.0 Å². The molecule has 0 aliphatic heterocycles. The van der Waals surface area contributed by atoms with Crippen LogP contribution in [0.25, 0.3) is 11.0 Å². The molecule has 3 aromatic rings. The fourth-order valence-corrected chi connectivity index (χ4v) is 5.33. The average molecular weight is 668 g/mol. The molecule has 13 heteroatoms. The van der Waals surface area contributed by atoms with Crippen LogP contribution in [0.2, 0.25) is 0 Å². The SMILES string of the molecule is CSCC[C@H](NC(=O)[C@H](CCCCN)NC(=O)[C@H](NC(=O)OCc1ccccc1)C(C)C)C(=O)Nc1ccc2c(C)cc(=O)oc2c1. The number of unbranched alkanes of at least 4 members (excludes halogenated alkanes) is 1. The second-order valence-electron chi connectivity index (χ2n) is 11.6. The highest BCUT2D eigenvalue weighted by molar-refractivity contribution is 7.98. The van der Waals surface area contributed by atoms with Gasteiger partial charge in [-0.15, -0.1) is 0 Å².